The number of nitriles is 1. The largest absolute Gasteiger partial charge is 0.302 e. The van der Waals surface area contributed by atoms with Crippen LogP contribution in [0, 0.1) is 16.7 Å². The molecule has 0 saturated heterocycles. The Bertz CT molecular complexity index is 650. The van der Waals surface area contributed by atoms with Crippen LogP contribution in [-0.2, 0) is 14.6 Å². The first-order valence-corrected chi connectivity index (χ1v) is 7.52. The number of benzene rings is 1. The number of sulfone groups is 1. The second-order valence-electron chi connectivity index (χ2n) is 4.45. The van der Waals surface area contributed by atoms with E-state index in [4.69, 9.17) is 16.9 Å². The van der Waals surface area contributed by atoms with Crippen molar-refractivity contribution in [1.82, 2.24) is 0 Å². The summed E-state index contributed by atoms with van der Waals surface area (Å²) in [5.41, 5.74) is -0.871. The Labute approximate surface area is 110 Å². The van der Waals surface area contributed by atoms with Gasteiger partial charge in [-0.1, -0.05) is 23.7 Å². The van der Waals surface area contributed by atoms with Crippen molar-refractivity contribution in [1.29, 1.82) is 5.26 Å². The Morgan fingerprint density at radius 2 is 2.17 bits per heavy atom. The second kappa shape index (κ2) is 4.08. The van der Waals surface area contributed by atoms with Crippen LogP contribution in [0.25, 0.3) is 0 Å². The summed E-state index contributed by atoms with van der Waals surface area (Å²) in [4.78, 5) is 11.1. The lowest BCUT2D eigenvalue weighted by atomic mass is 10.0. The highest BCUT2D eigenvalue weighted by Crippen LogP contribution is 2.61. The van der Waals surface area contributed by atoms with Gasteiger partial charge in [0.1, 0.15) is 11.7 Å². The maximum Gasteiger partial charge on any atom is 0.153 e. The van der Waals surface area contributed by atoms with E-state index in [9.17, 15) is 13.2 Å². The standard InChI is InChI=1S/C12H10ClNO3S/c1-18(16,17)11-10(12(11,6-14)7-15)8-3-2-4-9(13)5-8/h2-5,7,10-11H,1H3/t10-,11+,12+/m1/s1. The summed E-state index contributed by atoms with van der Waals surface area (Å²) in [5, 5.41) is 8.58. The zero-order valence-corrected chi connectivity index (χ0v) is 11.1. The van der Waals surface area contributed by atoms with E-state index in [0.717, 1.165) is 6.26 Å². The fourth-order valence-electron chi connectivity index (χ4n) is 2.43. The molecule has 1 aromatic carbocycles. The normalized spacial score (nSPS) is 30.5. The maximum atomic E-state index is 11.7. The minimum absolute atomic E-state index is 0.435. The lowest BCUT2D eigenvalue weighted by Gasteiger charge is -2.00. The molecule has 0 radical (unpaired) electrons. The van der Waals surface area contributed by atoms with E-state index in [1.54, 1.807) is 24.3 Å². The Hall–Kier alpha value is -1.38. The SMILES string of the molecule is CS(=O)(=O)[C@H]1[C@@H](c2cccc(Cl)c2)[C@]1(C#N)C=O. The number of carbonyl (C=O) groups excluding carboxylic acids is 1. The molecule has 2 rings (SSSR count). The number of nitrogens with zero attached hydrogens (tertiary/aromatic N) is 1. The lowest BCUT2D eigenvalue weighted by Crippen LogP contribution is -2.14. The molecule has 18 heavy (non-hydrogen) atoms. The fourth-order valence-corrected chi connectivity index (χ4v) is 4.39. The van der Waals surface area contributed by atoms with Gasteiger partial charge in [0.15, 0.2) is 9.84 Å². The van der Waals surface area contributed by atoms with Gasteiger partial charge in [-0.2, -0.15) is 5.26 Å². The van der Waals surface area contributed by atoms with Crippen LogP contribution in [0.5, 0.6) is 0 Å². The van der Waals surface area contributed by atoms with Gasteiger partial charge in [0, 0.05) is 17.2 Å². The molecule has 0 amide bonds. The van der Waals surface area contributed by atoms with Crippen molar-refractivity contribution < 1.29 is 13.2 Å². The molecule has 1 aliphatic carbocycles. The van der Waals surface area contributed by atoms with Crippen molar-refractivity contribution in [2.24, 2.45) is 5.41 Å². The van der Waals surface area contributed by atoms with Crippen LogP contribution >= 0.6 is 11.6 Å². The lowest BCUT2D eigenvalue weighted by molar-refractivity contribution is -0.110. The van der Waals surface area contributed by atoms with Crippen molar-refractivity contribution in [2.45, 2.75) is 11.2 Å². The summed E-state index contributed by atoms with van der Waals surface area (Å²) in [7, 11) is -3.47. The average molecular weight is 284 g/mol. The molecule has 1 aliphatic rings. The van der Waals surface area contributed by atoms with E-state index in [-0.39, 0.29) is 0 Å². The van der Waals surface area contributed by atoms with Gasteiger partial charge < -0.3 is 4.79 Å². The third-order valence-corrected chi connectivity index (χ3v) is 5.06. The highest BCUT2D eigenvalue weighted by Gasteiger charge is 2.71. The Kier molecular flexibility index (Phi) is 2.96. The van der Waals surface area contributed by atoms with Crippen molar-refractivity contribution in [3.8, 4) is 6.07 Å². The quantitative estimate of drug-likeness (QED) is 0.789. The van der Waals surface area contributed by atoms with Gasteiger partial charge in [0.05, 0.1) is 11.3 Å². The summed E-state index contributed by atoms with van der Waals surface area (Å²) in [6, 6.07) is 8.42. The molecule has 94 valence electrons. The summed E-state index contributed by atoms with van der Waals surface area (Å²) in [5.74, 6) is -0.631. The van der Waals surface area contributed by atoms with Gasteiger partial charge in [-0.15, -0.1) is 0 Å². The third-order valence-electron chi connectivity index (χ3n) is 3.24. The average Bonchev–Trinajstić information content (AvgIpc) is 2.98. The molecule has 3 atom stereocenters. The Morgan fingerprint density at radius 1 is 1.50 bits per heavy atom. The van der Waals surface area contributed by atoms with Gasteiger partial charge in [0.25, 0.3) is 0 Å². The predicted octanol–water partition coefficient (Wildman–Crippen LogP) is 1.56. The van der Waals surface area contributed by atoms with Crippen LogP contribution < -0.4 is 0 Å². The molecule has 1 aromatic rings. The molecule has 0 aliphatic heterocycles. The minimum Gasteiger partial charge on any atom is -0.302 e. The third kappa shape index (κ3) is 1.82. The van der Waals surface area contributed by atoms with Crippen LogP contribution in [0.3, 0.4) is 0 Å². The van der Waals surface area contributed by atoms with E-state index in [1.807, 2.05) is 6.07 Å². The molecule has 6 heteroatoms. The number of halogens is 1. The van der Waals surface area contributed by atoms with E-state index in [2.05, 4.69) is 0 Å². The Balaban J connectivity index is 2.52. The molecule has 0 spiro atoms. The number of hydrogen-bond donors (Lipinski definition) is 0. The number of rotatable bonds is 3. The van der Waals surface area contributed by atoms with Crippen LogP contribution in [0.15, 0.2) is 24.3 Å². The molecular formula is C12H10ClNO3S. The number of hydrogen-bond acceptors (Lipinski definition) is 4. The molecule has 0 heterocycles. The molecule has 1 fully saturated rings. The summed E-state index contributed by atoms with van der Waals surface area (Å²) >= 11 is 5.84. The Morgan fingerprint density at radius 3 is 2.56 bits per heavy atom. The topological polar surface area (TPSA) is 75.0 Å². The molecule has 0 bridgehead atoms. The highest BCUT2D eigenvalue weighted by atomic mass is 35.5. The first kappa shape index (κ1) is 13.1. The minimum atomic E-state index is -3.47. The van der Waals surface area contributed by atoms with Gasteiger partial charge in [-0.25, -0.2) is 8.42 Å². The highest BCUT2D eigenvalue weighted by molar-refractivity contribution is 7.91. The van der Waals surface area contributed by atoms with Gasteiger partial charge >= 0.3 is 0 Å². The monoisotopic (exact) mass is 283 g/mol. The van der Waals surface area contributed by atoms with E-state index in [0.29, 0.717) is 16.9 Å². The first-order valence-electron chi connectivity index (χ1n) is 5.18. The van der Waals surface area contributed by atoms with Crippen molar-refractivity contribution >= 4 is 27.7 Å². The van der Waals surface area contributed by atoms with Crippen molar-refractivity contribution in [3.05, 3.63) is 34.9 Å². The van der Waals surface area contributed by atoms with Gasteiger partial charge in [-0.3, -0.25) is 0 Å². The van der Waals surface area contributed by atoms with Crippen LogP contribution in [0.4, 0.5) is 0 Å². The summed E-state index contributed by atoms with van der Waals surface area (Å²) < 4.78 is 23.3. The molecule has 0 N–H and O–H groups in total. The molecule has 1 saturated carbocycles. The fraction of sp³-hybridized carbons (Fsp3) is 0.333. The zero-order valence-electron chi connectivity index (χ0n) is 9.50. The number of aldehydes is 1. The molecule has 0 unspecified atom stereocenters. The van der Waals surface area contributed by atoms with E-state index < -0.39 is 26.4 Å². The van der Waals surface area contributed by atoms with E-state index in [1.165, 1.54) is 0 Å². The summed E-state index contributed by atoms with van der Waals surface area (Å²) in [6.45, 7) is 0. The van der Waals surface area contributed by atoms with Crippen molar-refractivity contribution in [2.75, 3.05) is 6.26 Å². The van der Waals surface area contributed by atoms with Gasteiger partial charge in [0.2, 0.25) is 0 Å². The number of carbonyl (C=O) groups is 1. The molecule has 0 aromatic heterocycles. The smallest absolute Gasteiger partial charge is 0.153 e. The summed E-state index contributed by atoms with van der Waals surface area (Å²) in [6.07, 6.45) is 1.47. The maximum absolute atomic E-state index is 11.7. The second-order valence-corrected chi connectivity index (χ2v) is 7.05. The molecule has 4 nitrogen and oxygen atoms in total. The van der Waals surface area contributed by atoms with E-state index >= 15 is 0 Å². The van der Waals surface area contributed by atoms with Crippen molar-refractivity contribution in [3.63, 3.8) is 0 Å². The van der Waals surface area contributed by atoms with Gasteiger partial charge in [-0.05, 0) is 17.7 Å². The zero-order chi connectivity index (χ0) is 13.6. The molecular weight excluding hydrogens is 274 g/mol. The van der Waals surface area contributed by atoms with Crippen LogP contribution in [0.2, 0.25) is 5.02 Å². The predicted molar refractivity (Wildman–Crippen MR) is 66.9 cm³/mol. The van der Waals surface area contributed by atoms with Crippen LogP contribution in [-0.4, -0.2) is 26.2 Å². The van der Waals surface area contributed by atoms with Crippen LogP contribution in [0.1, 0.15) is 11.5 Å². The first-order chi connectivity index (χ1) is 8.36.